The third-order valence-corrected chi connectivity index (χ3v) is 1.68. The van der Waals surface area contributed by atoms with E-state index in [0.717, 1.165) is 6.29 Å². The van der Waals surface area contributed by atoms with E-state index in [-0.39, 0.29) is 6.03 Å². The third-order valence-electron chi connectivity index (χ3n) is 1.68. The van der Waals surface area contributed by atoms with E-state index in [1.54, 1.807) is 38.4 Å². The molecule has 0 radical (unpaired) electrons. The highest BCUT2D eigenvalue weighted by molar-refractivity contribution is 5.90. The van der Waals surface area contributed by atoms with E-state index < -0.39 is 0 Å². The fourth-order valence-electron chi connectivity index (χ4n) is 0.925. The minimum atomic E-state index is -0.215. The lowest BCUT2D eigenvalue weighted by molar-refractivity contribution is 0.112. The molecule has 2 amide bonds. The van der Waals surface area contributed by atoms with Gasteiger partial charge in [-0.15, -0.1) is 0 Å². The molecular weight excluding hydrogens is 180 g/mol. The van der Waals surface area contributed by atoms with Crippen LogP contribution in [0.1, 0.15) is 10.4 Å². The molecule has 14 heavy (non-hydrogen) atoms. The second-order valence-electron chi connectivity index (χ2n) is 3.07. The Morgan fingerprint density at radius 1 is 1.43 bits per heavy atom. The Balaban J connectivity index is 2.76. The highest BCUT2D eigenvalue weighted by Gasteiger charge is 2.03. The van der Waals surface area contributed by atoms with E-state index >= 15 is 0 Å². The highest BCUT2D eigenvalue weighted by atomic mass is 16.2. The first-order chi connectivity index (χ1) is 6.63. The molecule has 0 saturated heterocycles. The van der Waals surface area contributed by atoms with Crippen LogP contribution in [-0.4, -0.2) is 31.3 Å². The van der Waals surface area contributed by atoms with Gasteiger partial charge in [-0.1, -0.05) is 12.1 Å². The van der Waals surface area contributed by atoms with Gasteiger partial charge >= 0.3 is 6.03 Å². The molecule has 0 unspecified atom stereocenters. The molecule has 0 bridgehead atoms. The van der Waals surface area contributed by atoms with Crippen LogP contribution in [0.15, 0.2) is 24.3 Å². The fourth-order valence-corrected chi connectivity index (χ4v) is 0.925. The van der Waals surface area contributed by atoms with Crippen molar-refractivity contribution in [3.05, 3.63) is 29.8 Å². The van der Waals surface area contributed by atoms with Crippen molar-refractivity contribution in [1.29, 1.82) is 0 Å². The predicted octanol–water partition coefficient (Wildman–Crippen LogP) is 1.59. The Morgan fingerprint density at radius 2 is 2.14 bits per heavy atom. The van der Waals surface area contributed by atoms with Gasteiger partial charge in [0.1, 0.15) is 6.29 Å². The zero-order valence-electron chi connectivity index (χ0n) is 8.15. The second kappa shape index (κ2) is 4.41. The second-order valence-corrected chi connectivity index (χ2v) is 3.07. The number of urea groups is 1. The number of rotatable bonds is 2. The van der Waals surface area contributed by atoms with Crippen LogP contribution in [0.3, 0.4) is 0 Å². The summed E-state index contributed by atoms with van der Waals surface area (Å²) >= 11 is 0. The van der Waals surface area contributed by atoms with Crippen molar-refractivity contribution in [2.75, 3.05) is 19.4 Å². The maximum Gasteiger partial charge on any atom is 0.321 e. The smallest absolute Gasteiger partial charge is 0.321 e. The van der Waals surface area contributed by atoms with E-state index in [4.69, 9.17) is 0 Å². The minimum absolute atomic E-state index is 0.215. The van der Waals surface area contributed by atoms with Crippen molar-refractivity contribution >= 4 is 18.0 Å². The number of nitrogens with one attached hydrogen (secondary N) is 1. The van der Waals surface area contributed by atoms with Crippen molar-refractivity contribution in [2.45, 2.75) is 0 Å². The monoisotopic (exact) mass is 192 g/mol. The first kappa shape index (κ1) is 10.2. The number of carbonyl (C=O) groups is 2. The Bertz CT molecular complexity index is 348. The molecule has 4 nitrogen and oxygen atoms in total. The average molecular weight is 192 g/mol. The van der Waals surface area contributed by atoms with Crippen LogP contribution < -0.4 is 5.32 Å². The zero-order chi connectivity index (χ0) is 10.6. The highest BCUT2D eigenvalue weighted by Crippen LogP contribution is 2.09. The number of hydrogen-bond acceptors (Lipinski definition) is 2. The summed E-state index contributed by atoms with van der Waals surface area (Å²) < 4.78 is 0. The Hall–Kier alpha value is -1.84. The molecule has 0 fully saturated rings. The lowest BCUT2D eigenvalue weighted by Crippen LogP contribution is -2.27. The zero-order valence-corrected chi connectivity index (χ0v) is 8.15. The van der Waals surface area contributed by atoms with Crippen molar-refractivity contribution in [2.24, 2.45) is 0 Å². The normalized spacial score (nSPS) is 9.29. The molecule has 0 aliphatic rings. The van der Waals surface area contributed by atoms with Crippen LogP contribution in [0.2, 0.25) is 0 Å². The summed E-state index contributed by atoms with van der Waals surface area (Å²) in [7, 11) is 3.30. The molecule has 1 N–H and O–H groups in total. The molecule has 0 aromatic heterocycles. The summed E-state index contributed by atoms with van der Waals surface area (Å²) in [5.74, 6) is 0. The van der Waals surface area contributed by atoms with Gasteiger partial charge in [0.05, 0.1) is 0 Å². The number of anilines is 1. The Labute approximate surface area is 82.5 Å². The largest absolute Gasteiger partial charge is 0.331 e. The predicted molar refractivity (Wildman–Crippen MR) is 54.5 cm³/mol. The molecule has 0 atom stereocenters. The number of benzene rings is 1. The lowest BCUT2D eigenvalue weighted by atomic mass is 10.2. The van der Waals surface area contributed by atoms with Crippen LogP contribution >= 0.6 is 0 Å². The van der Waals surface area contributed by atoms with Crippen molar-refractivity contribution in [3.8, 4) is 0 Å². The molecule has 1 rings (SSSR count). The molecular formula is C10H12N2O2. The molecule has 0 aliphatic heterocycles. The van der Waals surface area contributed by atoms with Crippen LogP contribution in [0.25, 0.3) is 0 Å². The number of hydrogen-bond donors (Lipinski definition) is 1. The van der Waals surface area contributed by atoms with Gasteiger partial charge in [-0.3, -0.25) is 4.79 Å². The number of carbonyl (C=O) groups excluding carboxylic acids is 2. The maximum atomic E-state index is 11.2. The topological polar surface area (TPSA) is 49.4 Å². The van der Waals surface area contributed by atoms with Crippen molar-refractivity contribution < 1.29 is 9.59 Å². The van der Waals surface area contributed by atoms with Gasteiger partial charge in [0.2, 0.25) is 0 Å². The number of aldehydes is 1. The molecule has 0 aliphatic carbocycles. The Morgan fingerprint density at radius 3 is 2.71 bits per heavy atom. The van der Waals surface area contributed by atoms with Crippen LogP contribution in [0.5, 0.6) is 0 Å². The third kappa shape index (κ3) is 2.58. The molecule has 1 aromatic carbocycles. The average Bonchev–Trinajstić information content (AvgIpc) is 2.18. The van der Waals surface area contributed by atoms with Crippen LogP contribution in [-0.2, 0) is 0 Å². The van der Waals surface area contributed by atoms with Gasteiger partial charge in [0.25, 0.3) is 0 Å². The summed E-state index contributed by atoms with van der Waals surface area (Å²) in [6.07, 6.45) is 0.741. The van der Waals surface area contributed by atoms with E-state index in [2.05, 4.69) is 5.32 Å². The first-order valence-electron chi connectivity index (χ1n) is 4.17. The summed E-state index contributed by atoms with van der Waals surface area (Å²) in [6.45, 7) is 0. The van der Waals surface area contributed by atoms with Crippen molar-refractivity contribution in [3.63, 3.8) is 0 Å². The molecule has 4 heteroatoms. The summed E-state index contributed by atoms with van der Waals surface area (Å²) in [5.41, 5.74) is 1.16. The first-order valence-corrected chi connectivity index (χ1v) is 4.17. The van der Waals surface area contributed by atoms with Gasteiger partial charge in [-0.05, 0) is 12.1 Å². The summed E-state index contributed by atoms with van der Waals surface area (Å²) in [5, 5.41) is 2.64. The van der Waals surface area contributed by atoms with E-state index in [0.29, 0.717) is 11.3 Å². The van der Waals surface area contributed by atoms with Gasteiger partial charge in [-0.2, -0.15) is 0 Å². The molecule has 74 valence electrons. The Kier molecular flexibility index (Phi) is 3.23. The van der Waals surface area contributed by atoms with E-state index in [9.17, 15) is 9.59 Å². The van der Waals surface area contributed by atoms with Gasteiger partial charge < -0.3 is 10.2 Å². The lowest BCUT2D eigenvalue weighted by Gasteiger charge is -2.11. The number of nitrogens with zero attached hydrogens (tertiary/aromatic N) is 1. The van der Waals surface area contributed by atoms with E-state index in [1.165, 1.54) is 4.90 Å². The SMILES string of the molecule is CN(C)C(=O)Nc1cccc(C=O)c1. The van der Waals surface area contributed by atoms with Gasteiger partial charge in [0.15, 0.2) is 0 Å². The summed E-state index contributed by atoms with van der Waals surface area (Å²) in [6, 6.07) is 6.53. The van der Waals surface area contributed by atoms with Crippen LogP contribution in [0.4, 0.5) is 10.5 Å². The standard InChI is InChI=1S/C10H12N2O2/c1-12(2)10(14)11-9-5-3-4-8(6-9)7-13/h3-7H,1-2H3,(H,11,14). The van der Waals surface area contributed by atoms with E-state index in [1.807, 2.05) is 0 Å². The maximum absolute atomic E-state index is 11.2. The molecule has 0 heterocycles. The molecule has 1 aromatic rings. The minimum Gasteiger partial charge on any atom is -0.331 e. The molecule has 0 spiro atoms. The molecule has 0 saturated carbocycles. The van der Waals surface area contributed by atoms with Crippen molar-refractivity contribution in [1.82, 2.24) is 4.90 Å². The van der Waals surface area contributed by atoms with Gasteiger partial charge in [0, 0.05) is 25.3 Å². The quantitative estimate of drug-likeness (QED) is 0.723. The summed E-state index contributed by atoms with van der Waals surface area (Å²) in [4.78, 5) is 23.1. The fraction of sp³-hybridized carbons (Fsp3) is 0.200. The number of amides is 2. The van der Waals surface area contributed by atoms with Crippen LogP contribution in [0, 0.1) is 0 Å². The van der Waals surface area contributed by atoms with Gasteiger partial charge in [-0.25, -0.2) is 4.79 Å².